The second-order valence-corrected chi connectivity index (χ2v) is 19.3. The smallest absolute Gasteiger partial charge is 0.410 e. The Morgan fingerprint density at radius 1 is 0.940 bits per heavy atom. The first-order valence-corrected chi connectivity index (χ1v) is 23.5. The molecule has 13 atom stereocenters. The molecule has 3 aromatic rings. The standard InChI is InChI=1S/C50H70N6O11/c1-12-39-50(8)43(56(48(61)67-50)24-17-16-23-55-28-37(52-53-55)35-21-18-22-36(51)26-35)31(4)40(57)29(2)27-49(7,62-11)44(32(5)41(58)33(6)45(59)64-39)66-47-42(38(54(9)10)25-30(3)63-47)65-46(60)34-19-14-13-15-20-34/h13-15,18-22,26,28-33,38-39,42-44,47H,12,16-17,23-25,27,51H2,1-11H3/t29-,30-,31+,32+,33-,38+,39-,42-,43-,44-,47+,49+,50-/m1/s1. The largest absolute Gasteiger partial charge is 0.458 e. The molecule has 17 nitrogen and oxygen atoms in total. The van der Waals surface area contributed by atoms with Crippen LogP contribution >= 0.6 is 0 Å². The zero-order valence-electron chi connectivity index (χ0n) is 40.9. The average Bonchev–Trinajstić information content (AvgIpc) is 3.88. The molecule has 0 aliphatic carbocycles. The molecule has 3 saturated heterocycles. The van der Waals surface area contributed by atoms with Gasteiger partial charge in [0.1, 0.15) is 23.5 Å². The van der Waals surface area contributed by atoms with Gasteiger partial charge in [0.15, 0.2) is 23.8 Å². The van der Waals surface area contributed by atoms with Crippen molar-refractivity contribution in [2.75, 3.05) is 33.5 Å². The predicted octanol–water partition coefficient (Wildman–Crippen LogP) is 6.38. The number of carbonyl (C=O) groups is 5. The monoisotopic (exact) mass is 931 g/mol. The molecule has 17 heteroatoms. The van der Waals surface area contributed by atoms with Crippen LogP contribution in [0.2, 0.25) is 0 Å². The number of nitrogens with two attached hydrogens (primary N) is 1. The third kappa shape index (κ3) is 11.1. The van der Waals surface area contributed by atoms with Gasteiger partial charge in [0.05, 0.1) is 41.7 Å². The van der Waals surface area contributed by atoms with Gasteiger partial charge in [0.25, 0.3) is 0 Å². The molecule has 3 aliphatic heterocycles. The number of fused-ring (bicyclic) bond motifs is 1. The van der Waals surface area contributed by atoms with Crippen molar-refractivity contribution in [3.8, 4) is 11.3 Å². The number of benzene rings is 2. The maximum absolute atomic E-state index is 15.0. The topological polar surface area (TPSA) is 204 Å². The van der Waals surface area contributed by atoms with E-state index in [4.69, 9.17) is 34.2 Å². The van der Waals surface area contributed by atoms with E-state index in [1.165, 1.54) is 14.0 Å². The van der Waals surface area contributed by atoms with Crippen molar-refractivity contribution >= 4 is 35.3 Å². The Hall–Kier alpha value is -5.23. The fourth-order valence-corrected chi connectivity index (χ4v) is 10.4. The van der Waals surface area contributed by atoms with Crippen molar-refractivity contribution < 1.29 is 52.4 Å². The number of nitrogens with zero attached hydrogens (tertiary/aromatic N) is 5. The van der Waals surface area contributed by atoms with E-state index in [0.717, 1.165) is 5.56 Å². The molecule has 3 fully saturated rings. The number of amides is 1. The number of methoxy groups -OCH3 is 1. The minimum absolute atomic E-state index is 0.0759. The number of nitrogen functional groups attached to an aromatic ring is 1. The van der Waals surface area contributed by atoms with E-state index in [9.17, 15) is 24.0 Å². The Kier molecular flexibility index (Phi) is 16.3. The first kappa shape index (κ1) is 51.2. The lowest BCUT2D eigenvalue weighted by Crippen LogP contribution is -2.61. The van der Waals surface area contributed by atoms with Crippen molar-refractivity contribution in [1.82, 2.24) is 24.8 Å². The molecule has 67 heavy (non-hydrogen) atoms. The van der Waals surface area contributed by atoms with Crippen LogP contribution < -0.4 is 5.73 Å². The molecule has 6 rings (SSSR count). The second-order valence-electron chi connectivity index (χ2n) is 19.3. The molecule has 366 valence electrons. The highest BCUT2D eigenvalue weighted by atomic mass is 16.7. The number of aryl methyl sites for hydroxylation is 1. The van der Waals surface area contributed by atoms with E-state index in [1.807, 2.05) is 50.3 Å². The van der Waals surface area contributed by atoms with Gasteiger partial charge in [0, 0.05) is 49.2 Å². The van der Waals surface area contributed by atoms with E-state index < -0.39 is 89.3 Å². The van der Waals surface area contributed by atoms with Crippen molar-refractivity contribution in [2.24, 2.45) is 23.7 Å². The normalized spacial score (nSPS) is 33.2. The molecule has 0 bridgehead atoms. The van der Waals surface area contributed by atoms with Crippen molar-refractivity contribution in [1.29, 1.82) is 0 Å². The van der Waals surface area contributed by atoms with Crippen LogP contribution in [0.1, 0.15) is 97.9 Å². The van der Waals surface area contributed by atoms with Gasteiger partial charge in [-0.15, -0.1) is 5.10 Å². The molecule has 2 N–H and O–H groups in total. The fourth-order valence-electron chi connectivity index (χ4n) is 10.4. The summed E-state index contributed by atoms with van der Waals surface area (Å²) in [4.78, 5) is 75.0. The highest BCUT2D eigenvalue weighted by Gasteiger charge is 2.60. The number of aromatic nitrogens is 3. The Morgan fingerprint density at radius 3 is 2.30 bits per heavy atom. The number of rotatable bonds is 13. The highest BCUT2D eigenvalue weighted by Crippen LogP contribution is 2.43. The Labute approximate surface area is 394 Å². The molecule has 3 aliphatic rings. The van der Waals surface area contributed by atoms with E-state index in [0.29, 0.717) is 42.8 Å². The van der Waals surface area contributed by atoms with Gasteiger partial charge in [-0.3, -0.25) is 19.1 Å². The Morgan fingerprint density at radius 2 is 1.64 bits per heavy atom. The van der Waals surface area contributed by atoms with Crippen molar-refractivity contribution in [3.63, 3.8) is 0 Å². The minimum Gasteiger partial charge on any atom is -0.458 e. The lowest BCUT2D eigenvalue weighted by molar-refractivity contribution is -0.294. The summed E-state index contributed by atoms with van der Waals surface area (Å²) in [5, 5.41) is 8.58. The quantitative estimate of drug-likeness (QED) is 0.0650. The molecule has 1 aromatic heterocycles. The molecule has 0 spiro atoms. The summed E-state index contributed by atoms with van der Waals surface area (Å²) in [5.74, 6) is -5.88. The van der Waals surface area contributed by atoms with Gasteiger partial charge in [-0.1, -0.05) is 63.2 Å². The van der Waals surface area contributed by atoms with Crippen LogP contribution in [0.15, 0.2) is 60.8 Å². The third-order valence-corrected chi connectivity index (χ3v) is 14.1. The minimum atomic E-state index is -1.45. The summed E-state index contributed by atoms with van der Waals surface area (Å²) in [6.45, 7) is 14.7. The zero-order valence-corrected chi connectivity index (χ0v) is 40.9. The van der Waals surface area contributed by atoms with Crippen molar-refractivity contribution in [3.05, 3.63) is 66.4 Å². The summed E-state index contributed by atoms with van der Waals surface area (Å²) >= 11 is 0. The maximum Gasteiger partial charge on any atom is 0.410 e. The van der Waals surface area contributed by atoms with Gasteiger partial charge in [-0.05, 0) is 98.2 Å². The number of Topliss-reactive ketones (excluding diaryl/α,β-unsaturated/α-hetero) is 2. The summed E-state index contributed by atoms with van der Waals surface area (Å²) in [7, 11) is 5.25. The van der Waals surface area contributed by atoms with Gasteiger partial charge in [-0.25, -0.2) is 9.59 Å². The van der Waals surface area contributed by atoms with Crippen LogP contribution in [-0.4, -0.2) is 136 Å². The third-order valence-electron chi connectivity index (χ3n) is 14.1. The number of likely N-dealkylation sites (N-methyl/N-ethyl adjacent to an activating group) is 1. The lowest BCUT2D eigenvalue weighted by Gasteiger charge is -2.47. The number of cyclic esters (lactones) is 1. The first-order valence-electron chi connectivity index (χ1n) is 23.5. The fraction of sp³-hybridized carbons (Fsp3) is 0.620. The summed E-state index contributed by atoms with van der Waals surface area (Å²) in [5.41, 5.74) is 5.67. The molecule has 0 saturated carbocycles. The number of ether oxygens (including phenoxy) is 6. The zero-order chi connectivity index (χ0) is 49.0. The molecule has 1 amide bonds. The predicted molar refractivity (Wildman–Crippen MR) is 248 cm³/mol. The van der Waals surface area contributed by atoms with Crippen LogP contribution in [0.4, 0.5) is 10.5 Å². The average molecular weight is 931 g/mol. The van der Waals surface area contributed by atoms with Crippen LogP contribution in [-0.2, 0) is 49.3 Å². The molecular formula is C50H70N6O11. The van der Waals surface area contributed by atoms with Gasteiger partial charge in [0.2, 0.25) is 0 Å². The van der Waals surface area contributed by atoms with E-state index in [-0.39, 0.29) is 37.3 Å². The first-order chi connectivity index (χ1) is 31.7. The number of hydrogen-bond donors (Lipinski definition) is 1. The van der Waals surface area contributed by atoms with Gasteiger partial charge >= 0.3 is 18.0 Å². The lowest BCUT2D eigenvalue weighted by atomic mass is 9.73. The van der Waals surface area contributed by atoms with E-state index in [1.54, 1.807) is 87.5 Å². The number of unbranched alkanes of at least 4 members (excludes halogenated alkanes) is 1. The number of anilines is 1. The number of hydrogen-bond acceptors (Lipinski definition) is 15. The second kappa shape index (κ2) is 21.4. The van der Waals surface area contributed by atoms with Gasteiger partial charge < -0.3 is 44.0 Å². The van der Waals surface area contributed by atoms with E-state index in [2.05, 4.69) is 10.3 Å². The molecule has 2 aromatic carbocycles. The Bertz CT molecular complexity index is 2220. The molecule has 4 heterocycles. The van der Waals surface area contributed by atoms with E-state index >= 15 is 0 Å². The van der Waals surface area contributed by atoms with Crippen LogP contribution in [0.5, 0.6) is 0 Å². The van der Waals surface area contributed by atoms with Crippen LogP contribution in [0.25, 0.3) is 11.3 Å². The van der Waals surface area contributed by atoms with Gasteiger partial charge in [-0.2, -0.15) is 0 Å². The maximum atomic E-state index is 15.0. The molecule has 0 unspecified atom stereocenters. The summed E-state index contributed by atoms with van der Waals surface area (Å²) in [6.07, 6.45) is -1.42. The molecular weight excluding hydrogens is 861 g/mol. The van der Waals surface area contributed by atoms with Crippen LogP contribution in [0, 0.1) is 23.7 Å². The highest BCUT2D eigenvalue weighted by molar-refractivity contribution is 6.00. The number of esters is 2. The van der Waals surface area contributed by atoms with Crippen LogP contribution in [0.3, 0.4) is 0 Å². The summed E-state index contributed by atoms with van der Waals surface area (Å²) in [6, 6.07) is 14.8. The van der Waals surface area contributed by atoms with Crippen molar-refractivity contribution in [2.45, 2.75) is 148 Å². The Balaban J connectivity index is 1.29. The number of carbonyl (C=O) groups excluding carboxylic acids is 5. The SMILES string of the molecule is CC[C@H]1OC(=O)[C@H](C)C(=O)[C@H](C)[C@@H](O[C@@H]2O[C@H](C)C[C@H](N(C)C)[C@H]2OC(=O)c2ccccc2)[C@@](C)(OC)C[C@@H](C)C(=O)[C@H](C)[C@H]2N(CCCCn3cc(-c4cccc(N)c4)nn3)C(=O)O[C@]12C. The summed E-state index contributed by atoms with van der Waals surface area (Å²) < 4.78 is 40.0. The number of ketones is 2. The molecule has 0 radical (unpaired) electrons.